The Morgan fingerprint density at radius 1 is 1.08 bits per heavy atom. The van der Waals surface area contributed by atoms with Gasteiger partial charge in [0.1, 0.15) is 15.9 Å². The van der Waals surface area contributed by atoms with Crippen LogP contribution in [0.3, 0.4) is 0 Å². The van der Waals surface area contributed by atoms with Crippen molar-refractivity contribution in [2.45, 2.75) is 17.1 Å². The molecule has 3 aromatic rings. The first-order chi connectivity index (χ1) is 11.4. The second-order valence-corrected chi connectivity index (χ2v) is 6.24. The minimum absolute atomic E-state index is 0.0661. The molecular weight excluding hydrogens is 361 g/mol. The first-order valence-corrected chi connectivity index (χ1v) is 7.97. The van der Waals surface area contributed by atoms with E-state index in [1.807, 2.05) is 0 Å². The summed E-state index contributed by atoms with van der Waals surface area (Å²) >= 11 is 5.49. The Hall–Kier alpha value is -2.06. The Balaban J connectivity index is 1.99. The molecule has 0 radical (unpaired) electrons. The monoisotopic (exact) mass is 370 g/mol. The van der Waals surface area contributed by atoms with Crippen LogP contribution >= 0.6 is 23.4 Å². The van der Waals surface area contributed by atoms with E-state index in [2.05, 4.69) is 15.3 Å². The van der Waals surface area contributed by atoms with Gasteiger partial charge in [-0.3, -0.25) is 0 Å². The molecule has 0 aliphatic heterocycles. The van der Waals surface area contributed by atoms with Crippen molar-refractivity contribution in [3.05, 3.63) is 59.4 Å². The molecule has 0 saturated carbocycles. The number of aromatic nitrogens is 4. The summed E-state index contributed by atoms with van der Waals surface area (Å²) in [6.07, 6.45) is 1.49. The molecule has 4 nitrogen and oxygen atoms in total. The van der Waals surface area contributed by atoms with Gasteiger partial charge >= 0.3 is 5.51 Å². The molecular formula is C15H10ClF3N4S. The maximum absolute atomic E-state index is 13.0. The highest BCUT2D eigenvalue weighted by molar-refractivity contribution is 8.00. The summed E-state index contributed by atoms with van der Waals surface area (Å²) in [4.78, 5) is 3.92. The van der Waals surface area contributed by atoms with E-state index in [0.717, 1.165) is 0 Å². The van der Waals surface area contributed by atoms with Crippen molar-refractivity contribution in [1.82, 2.24) is 20.0 Å². The van der Waals surface area contributed by atoms with Crippen molar-refractivity contribution in [2.24, 2.45) is 0 Å². The van der Waals surface area contributed by atoms with Crippen molar-refractivity contribution < 1.29 is 13.2 Å². The summed E-state index contributed by atoms with van der Waals surface area (Å²) in [6, 6.07) is 11.9. The van der Waals surface area contributed by atoms with E-state index >= 15 is 0 Å². The molecule has 0 aliphatic carbocycles. The van der Waals surface area contributed by atoms with Crippen molar-refractivity contribution in [3.8, 4) is 11.3 Å². The quantitative estimate of drug-likeness (QED) is 0.495. The summed E-state index contributed by atoms with van der Waals surface area (Å²) in [5, 5.41) is 8.06. The van der Waals surface area contributed by atoms with Crippen LogP contribution in [-0.4, -0.2) is 25.5 Å². The Morgan fingerprint density at radius 2 is 1.83 bits per heavy atom. The topological polar surface area (TPSA) is 43.6 Å². The van der Waals surface area contributed by atoms with Gasteiger partial charge in [0.25, 0.3) is 0 Å². The van der Waals surface area contributed by atoms with E-state index in [-0.39, 0.29) is 29.0 Å². The lowest BCUT2D eigenvalue weighted by Crippen LogP contribution is -2.08. The van der Waals surface area contributed by atoms with Gasteiger partial charge in [-0.05, 0) is 11.6 Å². The highest BCUT2D eigenvalue weighted by Crippen LogP contribution is 2.41. The molecule has 124 valence electrons. The van der Waals surface area contributed by atoms with Crippen LogP contribution in [0.2, 0.25) is 5.15 Å². The van der Waals surface area contributed by atoms with E-state index < -0.39 is 5.51 Å². The van der Waals surface area contributed by atoms with Crippen LogP contribution in [-0.2, 0) is 6.54 Å². The Morgan fingerprint density at radius 3 is 2.46 bits per heavy atom. The molecule has 0 aliphatic rings. The van der Waals surface area contributed by atoms with Gasteiger partial charge in [-0.2, -0.15) is 13.2 Å². The molecule has 0 bridgehead atoms. The van der Waals surface area contributed by atoms with E-state index in [9.17, 15) is 13.2 Å². The first-order valence-electron chi connectivity index (χ1n) is 6.77. The van der Waals surface area contributed by atoms with Gasteiger partial charge in [0, 0.05) is 23.5 Å². The number of pyridine rings is 1. The van der Waals surface area contributed by atoms with Gasteiger partial charge in [0.05, 0.1) is 6.54 Å². The van der Waals surface area contributed by atoms with Gasteiger partial charge in [-0.25, -0.2) is 9.67 Å². The average molecular weight is 371 g/mol. The van der Waals surface area contributed by atoms with Gasteiger partial charge in [0.2, 0.25) is 0 Å². The van der Waals surface area contributed by atoms with Crippen molar-refractivity contribution in [3.63, 3.8) is 0 Å². The van der Waals surface area contributed by atoms with Gasteiger partial charge in [-0.1, -0.05) is 53.2 Å². The maximum atomic E-state index is 13.0. The average Bonchev–Trinajstić information content (AvgIpc) is 2.91. The standard InChI is InChI=1S/C15H10ClF3N4S/c16-12-7-6-10(8-20-12)9-23-14(24-15(17,18)19)13(21-22-23)11-4-2-1-3-5-11/h1-8H,9H2. The lowest BCUT2D eigenvalue weighted by atomic mass is 10.2. The highest BCUT2D eigenvalue weighted by atomic mass is 35.5. The molecule has 0 fully saturated rings. The SMILES string of the molecule is FC(F)(F)Sc1c(-c2ccccc2)nnn1Cc1ccc(Cl)nc1. The number of hydrogen-bond donors (Lipinski definition) is 0. The molecule has 2 aromatic heterocycles. The van der Waals surface area contributed by atoms with E-state index in [1.54, 1.807) is 42.5 Å². The zero-order chi connectivity index (χ0) is 17.2. The van der Waals surface area contributed by atoms with Crippen LogP contribution in [0, 0.1) is 0 Å². The first kappa shape index (κ1) is 16.8. The van der Waals surface area contributed by atoms with Crippen LogP contribution in [0.5, 0.6) is 0 Å². The van der Waals surface area contributed by atoms with Crippen molar-refractivity contribution >= 4 is 23.4 Å². The van der Waals surface area contributed by atoms with E-state index in [0.29, 0.717) is 16.3 Å². The zero-order valence-corrected chi connectivity index (χ0v) is 13.6. The predicted octanol–water partition coefficient (Wildman–Crippen LogP) is 4.65. The molecule has 0 N–H and O–H groups in total. The van der Waals surface area contributed by atoms with E-state index in [1.165, 1.54) is 10.9 Å². The Bertz CT molecular complexity index is 819. The molecule has 0 unspecified atom stereocenters. The molecule has 0 saturated heterocycles. The number of benzene rings is 1. The lowest BCUT2D eigenvalue weighted by molar-refractivity contribution is -0.0330. The fourth-order valence-corrected chi connectivity index (χ4v) is 2.86. The van der Waals surface area contributed by atoms with Gasteiger partial charge in [-0.15, -0.1) is 5.10 Å². The van der Waals surface area contributed by atoms with Gasteiger partial charge < -0.3 is 0 Å². The zero-order valence-electron chi connectivity index (χ0n) is 12.0. The molecule has 0 amide bonds. The maximum Gasteiger partial charge on any atom is 0.447 e. The number of rotatable bonds is 4. The fraction of sp³-hybridized carbons (Fsp3) is 0.133. The van der Waals surface area contributed by atoms with Gasteiger partial charge in [0.15, 0.2) is 0 Å². The summed E-state index contributed by atoms with van der Waals surface area (Å²) in [6.45, 7) is 0.114. The lowest BCUT2D eigenvalue weighted by Gasteiger charge is -2.10. The third kappa shape index (κ3) is 4.07. The van der Waals surface area contributed by atoms with Crippen LogP contribution in [0.25, 0.3) is 11.3 Å². The molecule has 24 heavy (non-hydrogen) atoms. The van der Waals surface area contributed by atoms with Crippen molar-refractivity contribution in [1.29, 1.82) is 0 Å². The summed E-state index contributed by atoms with van der Waals surface area (Å²) in [5.41, 5.74) is -3.00. The summed E-state index contributed by atoms with van der Waals surface area (Å²) in [7, 11) is 0. The minimum atomic E-state index is -4.44. The molecule has 1 aromatic carbocycles. The van der Waals surface area contributed by atoms with Crippen LogP contribution in [0.15, 0.2) is 53.7 Å². The number of alkyl halides is 3. The normalized spacial score (nSPS) is 11.7. The second-order valence-electron chi connectivity index (χ2n) is 4.80. The molecule has 0 atom stereocenters. The predicted molar refractivity (Wildman–Crippen MR) is 85.7 cm³/mol. The number of nitrogens with zero attached hydrogens (tertiary/aromatic N) is 4. The summed E-state index contributed by atoms with van der Waals surface area (Å²) < 4.78 is 40.1. The highest BCUT2D eigenvalue weighted by Gasteiger charge is 2.33. The molecule has 3 rings (SSSR count). The number of hydrogen-bond acceptors (Lipinski definition) is 4. The van der Waals surface area contributed by atoms with Crippen molar-refractivity contribution in [2.75, 3.05) is 0 Å². The Kier molecular flexibility index (Phi) is 4.77. The second kappa shape index (κ2) is 6.82. The van der Waals surface area contributed by atoms with Crippen LogP contribution in [0.4, 0.5) is 13.2 Å². The van der Waals surface area contributed by atoms with Crippen LogP contribution in [0.1, 0.15) is 5.56 Å². The number of halogens is 4. The molecule has 2 heterocycles. The number of thioether (sulfide) groups is 1. The third-order valence-corrected chi connectivity index (χ3v) is 4.12. The molecule has 9 heteroatoms. The smallest absolute Gasteiger partial charge is 0.244 e. The molecule has 0 spiro atoms. The largest absolute Gasteiger partial charge is 0.447 e. The Labute approximate surface area is 144 Å². The van der Waals surface area contributed by atoms with Crippen LogP contribution < -0.4 is 0 Å². The fourth-order valence-electron chi connectivity index (χ4n) is 2.07. The van der Waals surface area contributed by atoms with E-state index in [4.69, 9.17) is 11.6 Å². The minimum Gasteiger partial charge on any atom is -0.244 e. The summed E-state index contributed by atoms with van der Waals surface area (Å²) in [5.74, 6) is 0. The third-order valence-electron chi connectivity index (χ3n) is 3.07.